The van der Waals surface area contributed by atoms with Gasteiger partial charge in [-0.1, -0.05) is 0 Å². The van der Waals surface area contributed by atoms with Crippen LogP contribution < -0.4 is 5.73 Å². The van der Waals surface area contributed by atoms with Crippen molar-refractivity contribution < 1.29 is 18.7 Å². The Hall–Kier alpha value is -1.01. The van der Waals surface area contributed by atoms with Gasteiger partial charge in [0.2, 0.25) is 0 Å². The number of Topliss-reactive ketones (excluding diaryl/α,β-unsaturated/α-hetero) is 1. The highest BCUT2D eigenvalue weighted by atomic mass is 79.9. The Labute approximate surface area is 93.0 Å². The monoisotopic (exact) mass is 279 g/mol. The molecule has 0 atom stereocenters. The minimum absolute atomic E-state index is 0.00580. The molecule has 0 aliphatic heterocycles. The van der Waals surface area contributed by atoms with Crippen molar-refractivity contribution in [1.29, 1.82) is 0 Å². The number of phenols is 1. The van der Waals surface area contributed by atoms with Crippen molar-refractivity contribution in [1.82, 2.24) is 0 Å². The van der Waals surface area contributed by atoms with Crippen LogP contribution in [0.5, 0.6) is 5.75 Å². The van der Waals surface area contributed by atoms with Crippen LogP contribution in [0.15, 0.2) is 10.5 Å². The van der Waals surface area contributed by atoms with Crippen LogP contribution in [0, 0.1) is 11.6 Å². The quantitative estimate of drug-likeness (QED) is 0.657. The molecule has 3 nitrogen and oxygen atoms in total. The molecule has 1 aromatic rings. The van der Waals surface area contributed by atoms with E-state index in [-0.39, 0.29) is 17.4 Å². The fraction of sp³-hybridized carbons (Fsp3) is 0.222. The van der Waals surface area contributed by atoms with Crippen molar-refractivity contribution in [2.45, 2.75) is 6.42 Å². The summed E-state index contributed by atoms with van der Waals surface area (Å²) in [6.07, 6.45) is -0.152. The fourth-order valence-corrected chi connectivity index (χ4v) is 1.50. The van der Waals surface area contributed by atoms with Gasteiger partial charge in [0.25, 0.3) is 0 Å². The summed E-state index contributed by atoms with van der Waals surface area (Å²) in [5, 5.41) is 9.38. The molecule has 82 valence electrons. The normalized spacial score (nSPS) is 10.4. The average Bonchev–Trinajstić information content (AvgIpc) is 2.16. The summed E-state index contributed by atoms with van der Waals surface area (Å²) in [5.41, 5.74) is 4.45. The van der Waals surface area contributed by atoms with E-state index in [9.17, 15) is 18.7 Å². The zero-order chi connectivity index (χ0) is 11.6. The van der Waals surface area contributed by atoms with Gasteiger partial charge in [-0.3, -0.25) is 4.79 Å². The van der Waals surface area contributed by atoms with Crippen molar-refractivity contribution in [2.24, 2.45) is 5.73 Å². The number of carbonyl (C=O) groups is 1. The van der Waals surface area contributed by atoms with E-state index in [1.807, 2.05) is 0 Å². The lowest BCUT2D eigenvalue weighted by atomic mass is 10.1. The first-order valence-electron chi connectivity index (χ1n) is 4.08. The number of aromatic hydroxyl groups is 1. The van der Waals surface area contributed by atoms with E-state index in [0.717, 1.165) is 6.07 Å². The van der Waals surface area contributed by atoms with Crippen LogP contribution in [0.2, 0.25) is 0 Å². The second-order valence-corrected chi connectivity index (χ2v) is 3.69. The lowest BCUT2D eigenvalue weighted by Gasteiger charge is -2.07. The smallest absolute Gasteiger partial charge is 0.173 e. The predicted molar refractivity (Wildman–Crippen MR) is 53.7 cm³/mol. The molecule has 3 N–H and O–H groups in total. The number of phenolic OH excluding ortho intramolecular Hbond substituents is 1. The SMILES string of the molecule is NCCC(=O)c1c(O)c(Br)cc(F)c1F. The molecule has 1 rings (SSSR count). The highest BCUT2D eigenvalue weighted by Crippen LogP contribution is 2.32. The Morgan fingerprint density at radius 3 is 2.67 bits per heavy atom. The molecule has 0 heterocycles. The van der Waals surface area contributed by atoms with Crippen LogP contribution in [0.25, 0.3) is 0 Å². The summed E-state index contributed by atoms with van der Waals surface area (Å²) in [6.45, 7) is 0.00580. The average molecular weight is 280 g/mol. The van der Waals surface area contributed by atoms with Gasteiger partial charge >= 0.3 is 0 Å². The van der Waals surface area contributed by atoms with Gasteiger partial charge in [-0.05, 0) is 28.5 Å². The number of hydrogen-bond donors (Lipinski definition) is 2. The highest BCUT2D eigenvalue weighted by Gasteiger charge is 2.22. The molecule has 0 amide bonds. The molecular formula is C9H8BrF2NO2. The molecule has 0 aromatic heterocycles. The largest absolute Gasteiger partial charge is 0.506 e. The Bertz CT molecular complexity index is 383. The number of nitrogens with two attached hydrogens (primary N) is 1. The zero-order valence-electron chi connectivity index (χ0n) is 7.56. The Kier molecular flexibility index (Phi) is 3.76. The first-order valence-corrected chi connectivity index (χ1v) is 4.88. The molecule has 0 saturated heterocycles. The van der Waals surface area contributed by atoms with Gasteiger partial charge in [-0.15, -0.1) is 0 Å². The molecular weight excluding hydrogens is 272 g/mol. The van der Waals surface area contributed by atoms with E-state index in [0.29, 0.717) is 0 Å². The van der Waals surface area contributed by atoms with E-state index >= 15 is 0 Å². The molecule has 0 bridgehead atoms. The maximum atomic E-state index is 13.2. The maximum absolute atomic E-state index is 13.2. The van der Waals surface area contributed by atoms with Crippen molar-refractivity contribution in [3.8, 4) is 5.75 Å². The molecule has 1 aromatic carbocycles. The molecule has 0 aliphatic carbocycles. The van der Waals surface area contributed by atoms with Gasteiger partial charge in [-0.25, -0.2) is 8.78 Å². The van der Waals surface area contributed by atoms with Gasteiger partial charge in [0, 0.05) is 6.42 Å². The minimum atomic E-state index is -1.35. The van der Waals surface area contributed by atoms with Crippen molar-refractivity contribution >= 4 is 21.7 Å². The van der Waals surface area contributed by atoms with Crippen molar-refractivity contribution in [2.75, 3.05) is 6.54 Å². The van der Waals surface area contributed by atoms with Crippen molar-refractivity contribution in [3.63, 3.8) is 0 Å². The van der Waals surface area contributed by atoms with Crippen LogP contribution in [-0.2, 0) is 0 Å². The third-order valence-electron chi connectivity index (χ3n) is 1.80. The predicted octanol–water partition coefficient (Wildman–Crippen LogP) is 1.96. The second kappa shape index (κ2) is 4.67. The Balaban J connectivity index is 3.32. The third-order valence-corrected chi connectivity index (χ3v) is 2.40. The molecule has 0 saturated carbocycles. The molecule has 0 fully saturated rings. The van der Waals surface area contributed by atoms with E-state index in [1.54, 1.807) is 0 Å². The van der Waals surface area contributed by atoms with Gasteiger partial charge in [0.15, 0.2) is 17.4 Å². The number of hydrogen-bond acceptors (Lipinski definition) is 3. The first-order chi connectivity index (χ1) is 6.99. The Morgan fingerprint density at radius 2 is 2.13 bits per heavy atom. The van der Waals surface area contributed by atoms with E-state index in [4.69, 9.17) is 5.73 Å². The molecule has 6 heteroatoms. The summed E-state index contributed by atoms with van der Waals surface area (Å²) in [6, 6.07) is 0.754. The number of halogens is 3. The number of rotatable bonds is 3. The van der Waals surface area contributed by atoms with E-state index < -0.39 is 28.7 Å². The lowest BCUT2D eigenvalue weighted by Crippen LogP contribution is -2.11. The van der Waals surface area contributed by atoms with Crippen molar-refractivity contribution in [3.05, 3.63) is 27.7 Å². The van der Waals surface area contributed by atoms with E-state index in [2.05, 4.69) is 15.9 Å². The van der Waals surface area contributed by atoms with Crippen LogP contribution in [0.4, 0.5) is 8.78 Å². The maximum Gasteiger partial charge on any atom is 0.173 e. The Morgan fingerprint density at radius 1 is 1.53 bits per heavy atom. The summed E-state index contributed by atoms with van der Waals surface area (Å²) in [7, 11) is 0. The van der Waals surface area contributed by atoms with Gasteiger partial charge < -0.3 is 10.8 Å². The highest BCUT2D eigenvalue weighted by molar-refractivity contribution is 9.10. The minimum Gasteiger partial charge on any atom is -0.506 e. The van der Waals surface area contributed by atoms with Gasteiger partial charge in [-0.2, -0.15) is 0 Å². The third kappa shape index (κ3) is 2.32. The number of benzene rings is 1. The fourth-order valence-electron chi connectivity index (χ4n) is 1.10. The number of ketones is 1. The van der Waals surface area contributed by atoms with Gasteiger partial charge in [0.05, 0.1) is 10.0 Å². The summed E-state index contributed by atoms with van der Waals surface area (Å²) < 4.78 is 26.1. The number of carbonyl (C=O) groups excluding carboxylic acids is 1. The molecule has 0 radical (unpaired) electrons. The molecule has 0 spiro atoms. The van der Waals surface area contributed by atoms with Crippen LogP contribution in [0.1, 0.15) is 16.8 Å². The topological polar surface area (TPSA) is 63.3 Å². The standard InChI is InChI=1S/C9H8BrF2NO2/c10-4-3-5(11)8(12)7(9(4)15)6(14)1-2-13/h3,15H,1-2,13H2. The van der Waals surface area contributed by atoms with Crippen LogP contribution in [0.3, 0.4) is 0 Å². The van der Waals surface area contributed by atoms with Gasteiger partial charge in [0.1, 0.15) is 5.75 Å². The summed E-state index contributed by atoms with van der Waals surface area (Å²) >= 11 is 2.81. The molecule has 15 heavy (non-hydrogen) atoms. The zero-order valence-corrected chi connectivity index (χ0v) is 9.14. The van der Waals surface area contributed by atoms with E-state index in [1.165, 1.54) is 0 Å². The lowest BCUT2D eigenvalue weighted by molar-refractivity contribution is 0.0977. The first kappa shape index (κ1) is 12.1. The molecule has 0 unspecified atom stereocenters. The molecule has 0 aliphatic rings. The summed E-state index contributed by atoms with van der Waals surface area (Å²) in [4.78, 5) is 11.3. The van der Waals surface area contributed by atoms with Crippen LogP contribution in [-0.4, -0.2) is 17.4 Å². The summed E-state index contributed by atoms with van der Waals surface area (Å²) in [5.74, 6) is -3.88. The second-order valence-electron chi connectivity index (χ2n) is 2.84. The van der Waals surface area contributed by atoms with Crippen LogP contribution >= 0.6 is 15.9 Å².